The lowest BCUT2D eigenvalue weighted by Gasteiger charge is -2.38. The van der Waals surface area contributed by atoms with Crippen molar-refractivity contribution in [3.63, 3.8) is 0 Å². The van der Waals surface area contributed by atoms with Crippen LogP contribution in [-0.4, -0.2) is 46.1 Å². The van der Waals surface area contributed by atoms with Crippen LogP contribution in [0.15, 0.2) is 24.3 Å². The largest absolute Gasteiger partial charge is 0.354 e. The van der Waals surface area contributed by atoms with Crippen molar-refractivity contribution in [2.24, 2.45) is 0 Å². The summed E-state index contributed by atoms with van der Waals surface area (Å²) in [5.41, 5.74) is -13.4. The molecule has 4 aliphatic heterocycles. The highest BCUT2D eigenvalue weighted by atomic mass is 28.3. The van der Waals surface area contributed by atoms with Gasteiger partial charge in [0.2, 0.25) is 23.3 Å². The predicted molar refractivity (Wildman–Crippen MR) is 364 cm³/mol. The van der Waals surface area contributed by atoms with Gasteiger partial charge in [0, 0.05) is 38.8 Å². The zero-order valence-corrected chi connectivity index (χ0v) is 58.7. The van der Waals surface area contributed by atoms with Crippen molar-refractivity contribution in [3.8, 4) is 67.4 Å². The SMILES string of the molecule is CC(C)[Si](C#Cc1c2nc(c(-c3c(F)c(F)c(F)c(F)c3F)c3nc(c(-c4c(F)c(F)c(F)c(F)c4F)c4ccc([nH]4)c(C#C[Si](C(C)C)(C(C)C)C(C)C)c4nc(c(-c5c(F)c(F)c(F)c(F)c5F)c5ccc([nH]5)c(-c5c(F)c(F)c(F)c(F)c5F)c5nc1C=C5)C=C4)C=C3)C=C2)(C(C)C)C(C)C. The van der Waals surface area contributed by atoms with Gasteiger partial charge in [-0.2, -0.15) is 0 Å². The summed E-state index contributed by atoms with van der Waals surface area (Å²) in [5, 5.41) is 0. The second kappa shape index (κ2) is 27.9. The summed E-state index contributed by atoms with van der Waals surface area (Å²) < 4.78 is 320. The summed E-state index contributed by atoms with van der Waals surface area (Å²) in [6.45, 7) is 22.7. The monoisotopic (exact) mass is 1490 g/mol. The number of nitrogens with one attached hydrogen (secondary N) is 2. The molecule has 0 spiro atoms. The Labute approximate surface area is 583 Å². The van der Waals surface area contributed by atoms with Crippen molar-refractivity contribution in [1.82, 2.24) is 29.9 Å². The standard InChI is InChI=1S/C76H56F20N6Si2/c1-29(2)103(30(3)4,31(5)6)27-25-35-37-13-17-41(97-37)49(53-57(77)65(85)73(93)66(86)58(53)78)45-21-23-47(101-45)51(55-61(81)69(89)75(95)70(90)62(55)82)43-19-15-39(99-43)36(26-28-104(32(7)8,33(9)10)34(11)12)40-16-20-44(100-40)52(56-63(83)71(91)76(96)72(92)64(56)84)48-24-22-46(102-48)50(42-18-14-38(35)98-42)54-59(79)67(87)74(94)68(88)60(54)80/h13-24,29-34,97,102H,1-12H3. The van der Waals surface area contributed by atoms with E-state index in [2.05, 4.69) is 52.8 Å². The van der Waals surface area contributed by atoms with Crippen LogP contribution in [-0.2, 0) is 0 Å². The van der Waals surface area contributed by atoms with Crippen molar-refractivity contribution in [2.75, 3.05) is 0 Å². The van der Waals surface area contributed by atoms with Crippen LogP contribution in [0.3, 0.4) is 0 Å². The van der Waals surface area contributed by atoms with E-state index in [9.17, 15) is 0 Å². The molecule has 0 saturated heterocycles. The first-order valence-corrected chi connectivity index (χ1v) is 36.7. The Hall–Kier alpha value is -10.1. The molecule has 11 rings (SSSR count). The minimum atomic E-state index is -3.01. The second-order valence-electron chi connectivity index (χ2n) is 26.8. The number of aromatic nitrogens is 6. The van der Waals surface area contributed by atoms with E-state index in [0.717, 1.165) is 72.9 Å². The molecule has 0 amide bonds. The lowest BCUT2D eigenvalue weighted by Crippen LogP contribution is -2.43. The Bertz CT molecular complexity index is 5300. The molecule has 6 nitrogen and oxygen atoms in total. The number of rotatable bonds is 10. The van der Waals surface area contributed by atoms with E-state index >= 15 is 87.8 Å². The van der Waals surface area contributed by atoms with Gasteiger partial charge in [0.15, 0.2) is 93.1 Å². The molecule has 4 aromatic carbocycles. The highest BCUT2D eigenvalue weighted by Crippen LogP contribution is 2.47. The number of halogens is 20. The van der Waals surface area contributed by atoms with E-state index in [1.807, 2.05) is 83.1 Å². The second-order valence-corrected chi connectivity index (χ2v) is 37.9. The molecule has 0 radical (unpaired) electrons. The maximum Gasteiger partial charge on any atom is 0.200 e. The zero-order chi connectivity index (χ0) is 76.3. The smallest absolute Gasteiger partial charge is 0.200 e. The first kappa shape index (κ1) is 75.1. The first-order chi connectivity index (χ1) is 48.9. The van der Waals surface area contributed by atoms with Crippen LogP contribution in [0.4, 0.5) is 87.8 Å². The third-order valence-corrected chi connectivity index (χ3v) is 32.0. The van der Waals surface area contributed by atoms with Gasteiger partial charge >= 0.3 is 0 Å². The highest BCUT2D eigenvalue weighted by molar-refractivity contribution is 6.91. The Balaban J connectivity index is 1.47. The number of H-pyrrole nitrogens is 2. The number of hydrogen-bond acceptors (Lipinski definition) is 4. The van der Waals surface area contributed by atoms with E-state index in [-0.39, 0.29) is 55.6 Å². The number of benzene rings is 4. The van der Waals surface area contributed by atoms with Crippen LogP contribution in [0.2, 0.25) is 33.2 Å². The maximum absolute atomic E-state index is 16.7. The van der Waals surface area contributed by atoms with E-state index in [0.29, 0.717) is 0 Å². The maximum atomic E-state index is 16.7. The minimum Gasteiger partial charge on any atom is -0.354 e. The molecule has 3 aromatic heterocycles. The minimum absolute atomic E-state index is 0.168. The average Bonchev–Trinajstić information content (AvgIpc) is 1.47. The first-order valence-electron chi connectivity index (χ1n) is 32.2. The van der Waals surface area contributed by atoms with Crippen LogP contribution in [0.5, 0.6) is 0 Å². The Kier molecular flexibility index (Phi) is 20.1. The van der Waals surface area contributed by atoms with Crippen LogP contribution < -0.4 is 0 Å². The van der Waals surface area contributed by atoms with Gasteiger partial charge in [-0.25, -0.2) is 108 Å². The van der Waals surface area contributed by atoms with E-state index < -0.39 is 233 Å². The van der Waals surface area contributed by atoms with Gasteiger partial charge in [0.1, 0.15) is 16.1 Å². The molecule has 0 unspecified atom stereocenters. The number of hydrogen-bond donors (Lipinski definition) is 2. The summed E-state index contributed by atoms with van der Waals surface area (Å²) in [6, 6.07) is 3.85. The third kappa shape index (κ3) is 12.0. The van der Waals surface area contributed by atoms with Gasteiger partial charge in [0.05, 0.1) is 84.4 Å². The fourth-order valence-electron chi connectivity index (χ4n) is 14.6. The molecule has 2 N–H and O–H groups in total. The topological polar surface area (TPSA) is 83.1 Å². The van der Waals surface area contributed by atoms with E-state index in [4.69, 9.17) is 0 Å². The van der Waals surface area contributed by atoms with Crippen LogP contribution in [0.25, 0.3) is 115 Å². The van der Waals surface area contributed by atoms with Crippen molar-refractivity contribution in [2.45, 2.75) is 116 Å². The van der Waals surface area contributed by atoms with E-state index in [1.54, 1.807) is 0 Å². The summed E-state index contributed by atoms with van der Waals surface area (Å²) >= 11 is 0. The molecular formula is C76H56F20N6Si2. The molecule has 0 atom stereocenters. The van der Waals surface area contributed by atoms with Crippen LogP contribution >= 0.6 is 0 Å². The Morgan fingerprint density at radius 2 is 0.413 bits per heavy atom. The van der Waals surface area contributed by atoms with Gasteiger partial charge in [0.25, 0.3) is 0 Å². The van der Waals surface area contributed by atoms with Crippen molar-refractivity contribution in [3.05, 3.63) is 197 Å². The molecule has 7 aromatic rings. The Morgan fingerprint density at radius 3 is 0.673 bits per heavy atom. The van der Waals surface area contributed by atoms with E-state index in [1.165, 1.54) is 0 Å². The molecule has 12 bridgehead atoms. The number of fused-ring (bicyclic) bond motifs is 12. The molecule has 104 heavy (non-hydrogen) atoms. The molecule has 4 aliphatic rings. The van der Waals surface area contributed by atoms with Crippen molar-refractivity contribution >= 4 is 86.8 Å². The summed E-state index contributed by atoms with van der Waals surface area (Å²) in [6.07, 6.45) is 7.80. The normalized spacial score (nSPS) is 12.8. The third-order valence-electron chi connectivity index (χ3n) is 19.4. The van der Waals surface area contributed by atoms with Crippen LogP contribution in [0, 0.1) is 139 Å². The molecular weight excluding hydrogens is 1430 g/mol. The average molecular weight is 1490 g/mol. The predicted octanol–water partition coefficient (Wildman–Crippen LogP) is 23.3. The quantitative estimate of drug-likeness (QED) is 0.0470. The Morgan fingerprint density at radius 1 is 0.231 bits per heavy atom. The van der Waals surface area contributed by atoms with Gasteiger partial charge in [-0.15, -0.1) is 11.1 Å². The van der Waals surface area contributed by atoms with Gasteiger partial charge in [-0.05, 0) is 106 Å². The summed E-state index contributed by atoms with van der Waals surface area (Å²) in [7, 11) is -6.00. The summed E-state index contributed by atoms with van der Waals surface area (Å²) in [5.74, 6) is -44.3. The molecule has 0 aliphatic carbocycles. The molecule has 28 heteroatoms. The molecule has 0 fully saturated rings. The molecule has 7 heterocycles. The zero-order valence-electron chi connectivity index (χ0n) is 56.7. The lowest BCUT2D eigenvalue weighted by atomic mass is 10.00. The fourth-order valence-corrected chi connectivity index (χ4v) is 25.0. The highest BCUT2D eigenvalue weighted by Gasteiger charge is 2.44. The van der Waals surface area contributed by atoms with Crippen molar-refractivity contribution < 1.29 is 87.8 Å². The molecule has 538 valence electrons. The van der Waals surface area contributed by atoms with Gasteiger partial charge < -0.3 is 9.97 Å². The lowest BCUT2D eigenvalue weighted by molar-refractivity contribution is 0.381. The number of aromatic amines is 2. The summed E-state index contributed by atoms with van der Waals surface area (Å²) in [4.78, 5) is 23.5. The fraction of sp³-hybridized carbons (Fsp3) is 0.237. The van der Waals surface area contributed by atoms with Gasteiger partial charge in [-0.1, -0.05) is 94.9 Å². The van der Waals surface area contributed by atoms with Gasteiger partial charge in [-0.3, -0.25) is 0 Å². The number of nitrogens with zero attached hydrogens (tertiary/aromatic N) is 4. The van der Waals surface area contributed by atoms with Crippen molar-refractivity contribution in [1.29, 1.82) is 0 Å². The molecule has 0 saturated carbocycles. The van der Waals surface area contributed by atoms with Crippen LogP contribution in [0.1, 0.15) is 140 Å².